The molecule has 7 nitrogen and oxygen atoms in total. The largest absolute Gasteiger partial charge is 0.506 e. The number of amides is 1. The van der Waals surface area contributed by atoms with Crippen molar-refractivity contribution in [3.8, 4) is 5.75 Å². The van der Waals surface area contributed by atoms with Crippen molar-refractivity contribution in [3.63, 3.8) is 0 Å². The van der Waals surface area contributed by atoms with E-state index in [-0.39, 0.29) is 18.5 Å². The van der Waals surface area contributed by atoms with Crippen molar-refractivity contribution in [3.05, 3.63) is 35.2 Å². The second-order valence-electron chi connectivity index (χ2n) is 6.60. The van der Waals surface area contributed by atoms with Gasteiger partial charge in [-0.25, -0.2) is 13.4 Å². The Kier molecular flexibility index (Phi) is 5.28. The molecule has 2 aliphatic heterocycles. The Morgan fingerprint density at radius 2 is 1.96 bits per heavy atom. The number of nitrogens with one attached hydrogen (secondary N) is 1. The lowest BCUT2D eigenvalue weighted by molar-refractivity contribution is -0.117. The number of anilines is 1. The van der Waals surface area contributed by atoms with E-state index in [1.165, 1.54) is 6.07 Å². The average molecular weight is 423 g/mol. The number of hydrogen-bond donors (Lipinski definition) is 2. The van der Waals surface area contributed by atoms with Crippen molar-refractivity contribution in [2.75, 3.05) is 30.5 Å². The van der Waals surface area contributed by atoms with Gasteiger partial charge in [0.1, 0.15) is 18.0 Å². The van der Waals surface area contributed by atoms with Gasteiger partial charge >= 0.3 is 16.4 Å². The number of phenols is 1. The summed E-state index contributed by atoms with van der Waals surface area (Å²) in [4.78, 5) is 13.1. The second kappa shape index (κ2) is 7.24. The lowest BCUT2D eigenvalue weighted by atomic mass is 10.1. The maximum absolute atomic E-state index is 14.4. The Morgan fingerprint density at radius 3 is 2.54 bits per heavy atom. The Labute approximate surface area is 158 Å². The number of hydrogen-bond acceptors (Lipinski definition) is 5. The predicted octanol–water partition coefficient (Wildman–Crippen LogP) is 1.45. The van der Waals surface area contributed by atoms with E-state index >= 15 is 0 Å². The molecule has 12 heteroatoms. The Bertz CT molecular complexity index is 907. The second-order valence-corrected chi connectivity index (χ2v) is 8.20. The molecule has 1 amide bonds. The molecule has 3 rings (SSSR count). The molecule has 1 aromatic rings. The van der Waals surface area contributed by atoms with Crippen LogP contribution >= 0.6 is 0 Å². The van der Waals surface area contributed by atoms with Crippen molar-refractivity contribution in [2.45, 2.75) is 19.0 Å². The fourth-order valence-corrected chi connectivity index (χ4v) is 4.42. The predicted molar refractivity (Wildman–Crippen MR) is 91.4 cm³/mol. The minimum absolute atomic E-state index is 0.159. The number of aromatic hydroxyl groups is 1. The molecule has 2 fully saturated rings. The molecule has 0 saturated carbocycles. The molecular weight excluding hydrogens is 406 g/mol. The van der Waals surface area contributed by atoms with Crippen molar-refractivity contribution in [1.29, 1.82) is 0 Å². The van der Waals surface area contributed by atoms with Crippen LogP contribution in [0.4, 0.5) is 23.2 Å². The lowest BCUT2D eigenvalue weighted by Crippen LogP contribution is -2.30. The maximum Gasteiger partial charge on any atom is 0.409 e. The zero-order chi connectivity index (χ0) is 20.7. The smallest absolute Gasteiger partial charge is 0.409 e. The van der Waals surface area contributed by atoms with E-state index in [0.717, 1.165) is 6.07 Å². The van der Waals surface area contributed by atoms with Gasteiger partial charge in [0.25, 0.3) is 5.91 Å². The number of allylic oxidation sites excluding steroid dienone is 1. The van der Waals surface area contributed by atoms with Gasteiger partial charge in [0.05, 0.1) is 0 Å². The maximum atomic E-state index is 14.4. The Morgan fingerprint density at radius 1 is 1.25 bits per heavy atom. The van der Waals surface area contributed by atoms with Crippen LogP contribution in [0, 0.1) is 5.82 Å². The average Bonchev–Trinajstić information content (AvgIpc) is 3.06. The van der Waals surface area contributed by atoms with Crippen LogP contribution in [0.1, 0.15) is 12.0 Å². The summed E-state index contributed by atoms with van der Waals surface area (Å²) in [5.41, 5.74) is -0.00478. The van der Waals surface area contributed by atoms with Crippen LogP contribution in [0.2, 0.25) is 0 Å². The molecule has 0 aromatic heterocycles. The number of phenolic OH excluding ortho intramolecular Hbond substituents is 1. The van der Waals surface area contributed by atoms with Crippen LogP contribution in [0.3, 0.4) is 0 Å². The number of benzene rings is 1. The number of carbonyl (C=O) groups excluding carboxylic acids is 1. The van der Waals surface area contributed by atoms with Crippen LogP contribution in [0.15, 0.2) is 23.8 Å². The van der Waals surface area contributed by atoms with Crippen molar-refractivity contribution in [1.82, 2.24) is 9.62 Å². The molecule has 28 heavy (non-hydrogen) atoms. The molecule has 2 aliphatic rings. The summed E-state index contributed by atoms with van der Waals surface area (Å²) in [5.74, 6) is -2.51. The first-order valence-corrected chi connectivity index (χ1v) is 9.73. The summed E-state index contributed by atoms with van der Waals surface area (Å²) >= 11 is 0. The van der Waals surface area contributed by atoms with Crippen LogP contribution in [-0.4, -0.2) is 56.7 Å². The Hall–Kier alpha value is -2.34. The molecule has 154 valence electrons. The fraction of sp³-hybridized carbons (Fsp3) is 0.438. The third-order valence-electron chi connectivity index (χ3n) is 4.43. The van der Waals surface area contributed by atoms with Gasteiger partial charge in [-0.15, -0.1) is 0 Å². The summed E-state index contributed by atoms with van der Waals surface area (Å²) in [5, 5.41) is 10.1. The number of rotatable bonds is 4. The number of likely N-dealkylation sites (tertiary alicyclic amines) is 1. The molecular formula is C16H17F4N3O4S. The van der Waals surface area contributed by atoms with Gasteiger partial charge in [-0.05, 0) is 30.5 Å². The quantitative estimate of drug-likeness (QED) is 0.565. The van der Waals surface area contributed by atoms with E-state index in [1.807, 2.05) is 0 Å². The number of alkyl halides is 3. The first kappa shape index (κ1) is 20.4. The van der Waals surface area contributed by atoms with Gasteiger partial charge < -0.3 is 5.11 Å². The van der Waals surface area contributed by atoms with Crippen molar-refractivity contribution in [2.24, 2.45) is 0 Å². The summed E-state index contributed by atoms with van der Waals surface area (Å²) in [7, 11) is -4.27. The number of nitrogens with zero attached hydrogens (tertiary/aromatic N) is 2. The number of carbonyl (C=O) groups is 1. The van der Waals surface area contributed by atoms with Crippen molar-refractivity contribution < 1.29 is 35.9 Å². The van der Waals surface area contributed by atoms with Crippen LogP contribution in [-0.2, 0) is 21.4 Å². The molecule has 2 N–H and O–H groups in total. The van der Waals surface area contributed by atoms with Crippen LogP contribution < -0.4 is 9.03 Å². The highest BCUT2D eigenvalue weighted by atomic mass is 32.2. The third kappa shape index (κ3) is 4.55. The fourth-order valence-electron chi connectivity index (χ4n) is 3.25. The van der Waals surface area contributed by atoms with E-state index < -0.39 is 46.1 Å². The summed E-state index contributed by atoms with van der Waals surface area (Å²) < 4.78 is 77.3. The van der Waals surface area contributed by atoms with E-state index in [9.17, 15) is 35.9 Å². The van der Waals surface area contributed by atoms with Crippen LogP contribution in [0.25, 0.3) is 0 Å². The van der Waals surface area contributed by atoms with E-state index in [1.54, 1.807) is 9.62 Å². The minimum atomic E-state index is -4.36. The first-order valence-electron chi connectivity index (χ1n) is 8.29. The van der Waals surface area contributed by atoms with Gasteiger partial charge in [-0.1, -0.05) is 5.57 Å². The number of halogens is 4. The molecule has 1 aromatic carbocycles. The van der Waals surface area contributed by atoms with Gasteiger partial charge in [0, 0.05) is 25.7 Å². The van der Waals surface area contributed by atoms with Crippen LogP contribution in [0.5, 0.6) is 5.75 Å². The highest BCUT2D eigenvalue weighted by Crippen LogP contribution is 2.34. The SMILES string of the molecule is O=C1CN(c2c(O)cc(CCN3CC/C(=C\C(F)(F)F)C3)cc2F)S(=O)(=O)N1. The Balaban J connectivity index is 1.69. The summed E-state index contributed by atoms with van der Waals surface area (Å²) in [6, 6.07) is 2.22. The lowest BCUT2D eigenvalue weighted by Gasteiger charge is -2.19. The highest BCUT2D eigenvalue weighted by Gasteiger charge is 2.37. The van der Waals surface area contributed by atoms with Gasteiger partial charge in [-0.3, -0.25) is 9.69 Å². The summed E-state index contributed by atoms with van der Waals surface area (Å²) in [6.45, 7) is 0.295. The molecule has 0 atom stereocenters. The van der Waals surface area contributed by atoms with Gasteiger partial charge in [0.15, 0.2) is 5.82 Å². The first-order chi connectivity index (χ1) is 12.9. The summed E-state index contributed by atoms with van der Waals surface area (Å²) in [6.07, 6.45) is -3.53. The topological polar surface area (TPSA) is 90.0 Å². The van der Waals surface area contributed by atoms with E-state index in [2.05, 4.69) is 0 Å². The molecule has 0 bridgehead atoms. The highest BCUT2D eigenvalue weighted by molar-refractivity contribution is 7.92. The van der Waals surface area contributed by atoms with Crippen molar-refractivity contribution >= 4 is 21.8 Å². The van der Waals surface area contributed by atoms with E-state index in [4.69, 9.17) is 0 Å². The van der Waals surface area contributed by atoms with E-state index in [0.29, 0.717) is 35.5 Å². The van der Waals surface area contributed by atoms with Gasteiger partial charge in [0.2, 0.25) is 0 Å². The monoisotopic (exact) mass is 423 g/mol. The third-order valence-corrected chi connectivity index (χ3v) is 5.81. The molecule has 0 spiro atoms. The zero-order valence-corrected chi connectivity index (χ0v) is 15.3. The molecule has 0 aliphatic carbocycles. The minimum Gasteiger partial charge on any atom is -0.506 e. The van der Waals surface area contributed by atoms with Gasteiger partial charge in [-0.2, -0.15) is 21.6 Å². The molecule has 2 saturated heterocycles. The standard InChI is InChI=1S/C16H17F4N3O4S/c17-12-5-10(1-3-22-4-2-11(8-22)7-16(18,19)20)6-13(24)15(12)23-9-14(25)21-28(23,26)27/h5-7,24H,1-4,8-9H2,(H,21,25)/b11-7+. The molecule has 0 unspecified atom stereocenters. The zero-order valence-electron chi connectivity index (χ0n) is 14.5. The molecule has 2 heterocycles. The molecule has 0 radical (unpaired) electrons. The normalized spacial score (nSPS) is 21.5.